The number of aromatic amines is 1. The molecule has 1 saturated carbocycles. The molecule has 2 aliphatic rings. The number of hydrogen-bond acceptors (Lipinski definition) is 4. The van der Waals surface area contributed by atoms with Crippen LogP contribution in [-0.2, 0) is 22.5 Å². The van der Waals surface area contributed by atoms with E-state index in [4.69, 9.17) is 17.0 Å². The fourth-order valence-corrected chi connectivity index (χ4v) is 3.54. The lowest BCUT2D eigenvalue weighted by atomic mass is 9.96. The largest absolute Gasteiger partial charge is 0.373 e. The molecule has 0 saturated heterocycles. The number of amides is 1. The molecule has 126 valence electrons. The number of carbonyl (C=O) groups is 1. The van der Waals surface area contributed by atoms with Crippen molar-refractivity contribution in [3.63, 3.8) is 0 Å². The number of aromatic nitrogens is 3. The molecule has 0 spiro atoms. The summed E-state index contributed by atoms with van der Waals surface area (Å²) in [6.45, 7) is 1.05. The van der Waals surface area contributed by atoms with Gasteiger partial charge < -0.3 is 10.1 Å². The third-order valence-corrected chi connectivity index (χ3v) is 4.88. The molecular formula is C17H20N4O2S. The lowest BCUT2D eigenvalue weighted by Gasteiger charge is -2.25. The van der Waals surface area contributed by atoms with Gasteiger partial charge in [0.2, 0.25) is 5.91 Å². The van der Waals surface area contributed by atoms with E-state index >= 15 is 0 Å². The maximum Gasteiger partial charge on any atom is 0.223 e. The van der Waals surface area contributed by atoms with Gasteiger partial charge in [-0.25, -0.2) is 0 Å². The van der Waals surface area contributed by atoms with Crippen molar-refractivity contribution in [3.05, 3.63) is 46.0 Å². The van der Waals surface area contributed by atoms with Crippen LogP contribution in [0.1, 0.15) is 48.4 Å². The predicted molar refractivity (Wildman–Crippen MR) is 91.0 cm³/mol. The van der Waals surface area contributed by atoms with E-state index in [1.54, 1.807) is 0 Å². The van der Waals surface area contributed by atoms with Gasteiger partial charge in [0.05, 0.1) is 25.7 Å². The van der Waals surface area contributed by atoms with Crippen LogP contribution in [0.25, 0.3) is 0 Å². The molecular weight excluding hydrogens is 324 g/mol. The van der Waals surface area contributed by atoms with E-state index in [-0.39, 0.29) is 12.0 Å². The van der Waals surface area contributed by atoms with Crippen LogP contribution >= 0.6 is 12.2 Å². The second-order valence-electron chi connectivity index (χ2n) is 6.34. The summed E-state index contributed by atoms with van der Waals surface area (Å²) < 4.78 is 8.45. The van der Waals surface area contributed by atoms with Gasteiger partial charge in [-0.15, -0.1) is 0 Å². The molecule has 1 amide bonds. The zero-order valence-corrected chi connectivity index (χ0v) is 14.1. The first-order valence-electron chi connectivity index (χ1n) is 8.34. The molecule has 2 aromatic rings. The zero-order chi connectivity index (χ0) is 16.5. The first-order chi connectivity index (χ1) is 11.7. The van der Waals surface area contributed by atoms with E-state index in [2.05, 4.69) is 21.6 Å². The number of benzene rings is 1. The highest BCUT2D eigenvalue weighted by Crippen LogP contribution is 2.35. The Labute approximate surface area is 145 Å². The van der Waals surface area contributed by atoms with Gasteiger partial charge in [-0.2, -0.15) is 5.10 Å². The van der Waals surface area contributed by atoms with Crippen molar-refractivity contribution in [1.29, 1.82) is 0 Å². The van der Waals surface area contributed by atoms with E-state index in [1.807, 2.05) is 22.8 Å². The Morgan fingerprint density at radius 1 is 1.42 bits per heavy atom. The molecule has 1 aliphatic heterocycles. The summed E-state index contributed by atoms with van der Waals surface area (Å²) in [4.78, 5) is 12.3. The molecule has 0 bridgehead atoms. The lowest BCUT2D eigenvalue weighted by molar-refractivity contribution is -0.124. The minimum absolute atomic E-state index is 0.0343. The monoisotopic (exact) mass is 344 g/mol. The third-order valence-electron chi connectivity index (χ3n) is 4.60. The number of H-pyrrole nitrogens is 1. The van der Waals surface area contributed by atoms with E-state index in [0.29, 0.717) is 30.4 Å². The maximum absolute atomic E-state index is 12.3. The predicted octanol–water partition coefficient (Wildman–Crippen LogP) is 2.60. The van der Waals surface area contributed by atoms with Crippen LogP contribution in [0, 0.1) is 4.77 Å². The number of ether oxygens (including phenoxy) is 1. The van der Waals surface area contributed by atoms with Gasteiger partial charge in [-0.05, 0) is 42.6 Å². The number of nitrogens with zero attached hydrogens (tertiary/aromatic N) is 2. The SMILES string of the molecule is O=C(C[C@H]1OCCc2ccccc21)NCc1n[nH]c(=S)n1C1CC1. The Balaban J connectivity index is 1.39. The van der Waals surface area contributed by atoms with Crippen molar-refractivity contribution in [2.24, 2.45) is 0 Å². The quantitative estimate of drug-likeness (QED) is 0.818. The van der Waals surface area contributed by atoms with E-state index < -0.39 is 0 Å². The van der Waals surface area contributed by atoms with Gasteiger partial charge in [-0.3, -0.25) is 14.5 Å². The maximum atomic E-state index is 12.3. The highest BCUT2D eigenvalue weighted by molar-refractivity contribution is 7.71. The summed E-state index contributed by atoms with van der Waals surface area (Å²) in [6, 6.07) is 8.62. The van der Waals surface area contributed by atoms with Crippen LogP contribution < -0.4 is 5.32 Å². The molecule has 0 radical (unpaired) electrons. The van der Waals surface area contributed by atoms with Crippen molar-refractivity contribution in [3.8, 4) is 0 Å². The van der Waals surface area contributed by atoms with E-state index in [1.165, 1.54) is 5.56 Å². The van der Waals surface area contributed by atoms with Crippen LogP contribution in [0.15, 0.2) is 24.3 Å². The molecule has 6 nitrogen and oxygen atoms in total. The van der Waals surface area contributed by atoms with Gasteiger partial charge in [-0.1, -0.05) is 24.3 Å². The van der Waals surface area contributed by atoms with Crippen LogP contribution in [-0.4, -0.2) is 27.3 Å². The average Bonchev–Trinajstić information content (AvgIpc) is 3.36. The van der Waals surface area contributed by atoms with Crippen molar-refractivity contribution in [1.82, 2.24) is 20.1 Å². The summed E-state index contributed by atoms with van der Waals surface area (Å²) in [6.07, 6.45) is 3.32. The van der Waals surface area contributed by atoms with E-state index in [0.717, 1.165) is 30.7 Å². The molecule has 1 aliphatic carbocycles. The molecule has 1 aromatic carbocycles. The molecule has 1 atom stereocenters. The summed E-state index contributed by atoms with van der Waals surface area (Å²) >= 11 is 5.26. The zero-order valence-electron chi connectivity index (χ0n) is 13.3. The Morgan fingerprint density at radius 3 is 3.08 bits per heavy atom. The fraction of sp³-hybridized carbons (Fsp3) is 0.471. The molecule has 7 heteroatoms. The van der Waals surface area contributed by atoms with Gasteiger partial charge in [0.15, 0.2) is 10.6 Å². The molecule has 0 unspecified atom stereocenters. The minimum Gasteiger partial charge on any atom is -0.373 e. The molecule has 1 fully saturated rings. The van der Waals surface area contributed by atoms with Gasteiger partial charge >= 0.3 is 0 Å². The Kier molecular flexibility index (Phi) is 4.20. The fourth-order valence-electron chi connectivity index (χ4n) is 3.24. The van der Waals surface area contributed by atoms with E-state index in [9.17, 15) is 4.79 Å². The summed E-state index contributed by atoms with van der Waals surface area (Å²) in [5.74, 6) is 0.758. The van der Waals surface area contributed by atoms with Crippen molar-refractivity contribution in [2.45, 2.75) is 44.4 Å². The molecule has 4 rings (SSSR count). The van der Waals surface area contributed by atoms with Crippen LogP contribution in [0.2, 0.25) is 0 Å². The molecule has 2 N–H and O–H groups in total. The average molecular weight is 344 g/mol. The summed E-state index contributed by atoms with van der Waals surface area (Å²) in [5.41, 5.74) is 2.40. The van der Waals surface area contributed by atoms with Gasteiger partial charge in [0.25, 0.3) is 0 Å². The Hall–Kier alpha value is -1.99. The van der Waals surface area contributed by atoms with Crippen LogP contribution in [0.5, 0.6) is 0 Å². The number of carbonyl (C=O) groups excluding carboxylic acids is 1. The number of rotatable bonds is 5. The van der Waals surface area contributed by atoms with Crippen LogP contribution in [0.3, 0.4) is 0 Å². The molecule has 2 heterocycles. The molecule has 1 aromatic heterocycles. The number of fused-ring (bicyclic) bond motifs is 1. The Morgan fingerprint density at radius 2 is 2.25 bits per heavy atom. The third kappa shape index (κ3) is 3.14. The van der Waals surface area contributed by atoms with Crippen LogP contribution in [0.4, 0.5) is 0 Å². The topological polar surface area (TPSA) is 71.9 Å². The first-order valence-corrected chi connectivity index (χ1v) is 8.75. The highest BCUT2D eigenvalue weighted by Gasteiger charge is 2.27. The second-order valence-corrected chi connectivity index (χ2v) is 6.72. The molecule has 24 heavy (non-hydrogen) atoms. The first kappa shape index (κ1) is 15.5. The second kappa shape index (κ2) is 6.49. The summed E-state index contributed by atoms with van der Waals surface area (Å²) in [7, 11) is 0. The standard InChI is InChI=1S/C17H20N4O2S/c22-16(9-14-13-4-2-1-3-11(13)7-8-23-14)18-10-15-19-20-17(24)21(15)12-5-6-12/h1-4,12,14H,5-10H2,(H,18,22)(H,20,24)/t14-/m1/s1. The lowest BCUT2D eigenvalue weighted by Crippen LogP contribution is -2.28. The van der Waals surface area contributed by atoms with Crippen molar-refractivity contribution >= 4 is 18.1 Å². The van der Waals surface area contributed by atoms with Gasteiger partial charge in [0, 0.05) is 6.04 Å². The van der Waals surface area contributed by atoms with Gasteiger partial charge in [0.1, 0.15) is 0 Å². The number of nitrogens with one attached hydrogen (secondary N) is 2. The number of hydrogen-bond donors (Lipinski definition) is 2. The minimum atomic E-state index is -0.167. The van der Waals surface area contributed by atoms with Crippen molar-refractivity contribution < 1.29 is 9.53 Å². The smallest absolute Gasteiger partial charge is 0.223 e. The summed E-state index contributed by atoms with van der Waals surface area (Å²) in [5, 5.41) is 9.99. The van der Waals surface area contributed by atoms with Crippen molar-refractivity contribution in [2.75, 3.05) is 6.61 Å². The normalized spacial score (nSPS) is 19.8. The Bertz CT molecular complexity index is 809. The highest BCUT2D eigenvalue weighted by atomic mass is 32.1.